The summed E-state index contributed by atoms with van der Waals surface area (Å²) in [4.78, 5) is 13.2. The van der Waals surface area contributed by atoms with Gasteiger partial charge in [-0.2, -0.15) is 0 Å². The van der Waals surface area contributed by atoms with Crippen LogP contribution in [0.4, 0.5) is 0 Å². The largest absolute Gasteiger partial charge is 0.235 e. The van der Waals surface area contributed by atoms with Gasteiger partial charge >= 0.3 is 0 Å². The van der Waals surface area contributed by atoms with Crippen LogP contribution >= 0.6 is 23.4 Å². The van der Waals surface area contributed by atoms with Crippen molar-refractivity contribution in [1.82, 2.24) is 15.0 Å². The Balaban J connectivity index is 2.18. The van der Waals surface area contributed by atoms with Gasteiger partial charge in [0.1, 0.15) is 5.15 Å². The number of aromatic nitrogens is 3. The summed E-state index contributed by atoms with van der Waals surface area (Å²) >= 11 is 7.58. The van der Waals surface area contributed by atoms with E-state index in [1.54, 1.807) is 12.3 Å². The molecule has 0 aliphatic carbocycles. The number of rotatable bonds is 3. The minimum absolute atomic E-state index is 0.469. The van der Waals surface area contributed by atoms with E-state index in [9.17, 15) is 0 Å². The standard InChI is InChI=1S/C16H12ClN3S/c1-21-16-18-10-9-13(19-16)12-7-8-14(17)20-15(12)11-5-3-2-4-6-11/h2-10H,1H3. The molecular weight excluding hydrogens is 302 g/mol. The van der Waals surface area contributed by atoms with Crippen molar-refractivity contribution < 1.29 is 0 Å². The van der Waals surface area contributed by atoms with Crippen molar-refractivity contribution in [1.29, 1.82) is 0 Å². The normalized spacial score (nSPS) is 10.6. The molecule has 0 radical (unpaired) electrons. The highest BCUT2D eigenvalue weighted by Crippen LogP contribution is 2.31. The quantitative estimate of drug-likeness (QED) is 0.403. The van der Waals surface area contributed by atoms with E-state index in [4.69, 9.17) is 11.6 Å². The maximum Gasteiger partial charge on any atom is 0.187 e. The predicted molar refractivity (Wildman–Crippen MR) is 87.5 cm³/mol. The maximum atomic E-state index is 6.06. The van der Waals surface area contributed by atoms with Crippen molar-refractivity contribution in [2.45, 2.75) is 5.16 Å². The fourth-order valence-corrected chi connectivity index (χ4v) is 2.55. The maximum absolute atomic E-state index is 6.06. The number of hydrogen-bond donors (Lipinski definition) is 0. The molecule has 2 aromatic heterocycles. The number of hydrogen-bond acceptors (Lipinski definition) is 4. The van der Waals surface area contributed by atoms with Gasteiger partial charge < -0.3 is 0 Å². The minimum atomic E-state index is 0.469. The number of benzene rings is 1. The first kappa shape index (κ1) is 14.0. The summed E-state index contributed by atoms with van der Waals surface area (Å²) in [6.07, 6.45) is 3.72. The molecule has 0 unspecified atom stereocenters. The van der Waals surface area contributed by atoms with Crippen LogP contribution in [0.2, 0.25) is 5.15 Å². The van der Waals surface area contributed by atoms with Crippen molar-refractivity contribution in [3.8, 4) is 22.5 Å². The molecule has 0 atom stereocenters. The van der Waals surface area contributed by atoms with E-state index in [-0.39, 0.29) is 0 Å². The van der Waals surface area contributed by atoms with Crippen LogP contribution in [0, 0.1) is 0 Å². The van der Waals surface area contributed by atoms with Gasteiger partial charge in [0.05, 0.1) is 11.4 Å². The fourth-order valence-electron chi connectivity index (χ4n) is 2.05. The van der Waals surface area contributed by atoms with Crippen LogP contribution < -0.4 is 0 Å². The number of nitrogens with zero attached hydrogens (tertiary/aromatic N) is 3. The third kappa shape index (κ3) is 3.06. The van der Waals surface area contributed by atoms with E-state index in [0.717, 1.165) is 27.7 Å². The Morgan fingerprint density at radius 2 is 1.76 bits per heavy atom. The lowest BCUT2D eigenvalue weighted by Crippen LogP contribution is -1.94. The Hall–Kier alpha value is -1.91. The van der Waals surface area contributed by atoms with Crippen molar-refractivity contribution in [3.05, 3.63) is 59.9 Å². The molecule has 0 N–H and O–H groups in total. The second kappa shape index (κ2) is 6.24. The Morgan fingerprint density at radius 1 is 0.952 bits per heavy atom. The van der Waals surface area contributed by atoms with Gasteiger partial charge in [0, 0.05) is 17.3 Å². The molecule has 0 amide bonds. The molecule has 21 heavy (non-hydrogen) atoms. The Kier molecular flexibility index (Phi) is 4.18. The molecule has 0 aliphatic rings. The van der Waals surface area contributed by atoms with Gasteiger partial charge in [0.25, 0.3) is 0 Å². The van der Waals surface area contributed by atoms with Crippen LogP contribution in [0.3, 0.4) is 0 Å². The summed E-state index contributed by atoms with van der Waals surface area (Å²) in [7, 11) is 0. The first-order valence-electron chi connectivity index (χ1n) is 6.37. The Labute approximate surface area is 132 Å². The average Bonchev–Trinajstić information content (AvgIpc) is 2.55. The summed E-state index contributed by atoms with van der Waals surface area (Å²) in [5, 5.41) is 1.21. The fraction of sp³-hybridized carbons (Fsp3) is 0.0625. The smallest absolute Gasteiger partial charge is 0.187 e. The lowest BCUT2D eigenvalue weighted by Gasteiger charge is -2.09. The molecule has 104 valence electrons. The zero-order valence-corrected chi connectivity index (χ0v) is 12.9. The van der Waals surface area contributed by atoms with Crippen molar-refractivity contribution in [2.24, 2.45) is 0 Å². The summed E-state index contributed by atoms with van der Waals surface area (Å²) in [5.41, 5.74) is 3.63. The molecule has 3 nitrogen and oxygen atoms in total. The SMILES string of the molecule is CSc1nccc(-c2ccc(Cl)nc2-c2ccccc2)n1. The summed E-state index contributed by atoms with van der Waals surface area (Å²) in [6, 6.07) is 15.6. The van der Waals surface area contributed by atoms with Gasteiger partial charge in [-0.05, 0) is 24.5 Å². The van der Waals surface area contributed by atoms with Gasteiger partial charge in [0.2, 0.25) is 0 Å². The highest BCUT2D eigenvalue weighted by atomic mass is 35.5. The first-order valence-corrected chi connectivity index (χ1v) is 7.97. The predicted octanol–water partition coefficient (Wildman–Crippen LogP) is 4.58. The highest BCUT2D eigenvalue weighted by molar-refractivity contribution is 7.98. The molecule has 0 bridgehead atoms. The molecular formula is C16H12ClN3S. The molecule has 0 fully saturated rings. The highest BCUT2D eigenvalue weighted by Gasteiger charge is 2.11. The van der Waals surface area contributed by atoms with Crippen LogP contribution in [-0.2, 0) is 0 Å². The van der Waals surface area contributed by atoms with E-state index in [0.29, 0.717) is 5.15 Å². The van der Waals surface area contributed by atoms with Gasteiger partial charge in [0.15, 0.2) is 5.16 Å². The number of pyridine rings is 1. The van der Waals surface area contributed by atoms with E-state index in [1.807, 2.05) is 48.7 Å². The summed E-state index contributed by atoms with van der Waals surface area (Å²) in [5.74, 6) is 0. The summed E-state index contributed by atoms with van der Waals surface area (Å²) < 4.78 is 0. The van der Waals surface area contributed by atoms with E-state index in [1.165, 1.54) is 11.8 Å². The lowest BCUT2D eigenvalue weighted by atomic mass is 10.0. The second-order valence-corrected chi connectivity index (χ2v) is 5.49. The first-order chi connectivity index (χ1) is 10.3. The van der Waals surface area contributed by atoms with Gasteiger partial charge in [-0.3, -0.25) is 0 Å². The van der Waals surface area contributed by atoms with Gasteiger partial charge in [-0.1, -0.05) is 53.7 Å². The van der Waals surface area contributed by atoms with Crippen molar-refractivity contribution >= 4 is 23.4 Å². The summed E-state index contributed by atoms with van der Waals surface area (Å²) in [6.45, 7) is 0. The molecule has 0 aliphatic heterocycles. The Morgan fingerprint density at radius 3 is 2.52 bits per heavy atom. The third-order valence-electron chi connectivity index (χ3n) is 3.00. The minimum Gasteiger partial charge on any atom is -0.235 e. The van der Waals surface area contributed by atoms with Crippen LogP contribution in [0.25, 0.3) is 22.5 Å². The van der Waals surface area contributed by atoms with Crippen molar-refractivity contribution in [3.63, 3.8) is 0 Å². The average molecular weight is 314 g/mol. The molecule has 0 saturated carbocycles. The van der Waals surface area contributed by atoms with Crippen LogP contribution in [0.1, 0.15) is 0 Å². The number of thioether (sulfide) groups is 1. The van der Waals surface area contributed by atoms with Crippen LogP contribution in [0.15, 0.2) is 59.9 Å². The van der Waals surface area contributed by atoms with Crippen LogP contribution in [0.5, 0.6) is 0 Å². The molecule has 0 saturated heterocycles. The van der Waals surface area contributed by atoms with Gasteiger partial charge in [-0.15, -0.1) is 0 Å². The monoisotopic (exact) mass is 313 g/mol. The molecule has 1 aromatic carbocycles. The topological polar surface area (TPSA) is 38.7 Å². The second-order valence-electron chi connectivity index (χ2n) is 4.32. The van der Waals surface area contributed by atoms with Crippen LogP contribution in [-0.4, -0.2) is 21.2 Å². The number of halogens is 1. The molecule has 3 rings (SSSR count). The molecule has 2 heterocycles. The third-order valence-corrected chi connectivity index (χ3v) is 3.77. The van der Waals surface area contributed by atoms with E-state index >= 15 is 0 Å². The molecule has 3 aromatic rings. The van der Waals surface area contributed by atoms with E-state index in [2.05, 4.69) is 15.0 Å². The van der Waals surface area contributed by atoms with Crippen molar-refractivity contribution in [2.75, 3.05) is 6.26 Å². The van der Waals surface area contributed by atoms with Gasteiger partial charge in [-0.25, -0.2) is 15.0 Å². The zero-order valence-electron chi connectivity index (χ0n) is 11.3. The molecule has 0 spiro atoms. The Bertz CT molecular complexity index is 762. The lowest BCUT2D eigenvalue weighted by molar-refractivity contribution is 0.975. The molecule has 5 heteroatoms. The zero-order chi connectivity index (χ0) is 14.7. The van der Waals surface area contributed by atoms with E-state index < -0.39 is 0 Å².